The minimum absolute atomic E-state index is 0.0240. The Morgan fingerprint density at radius 2 is 2.10 bits per heavy atom. The Kier molecular flexibility index (Phi) is 4.49. The van der Waals surface area contributed by atoms with Gasteiger partial charge in [0.25, 0.3) is 0 Å². The third kappa shape index (κ3) is 3.34. The van der Waals surface area contributed by atoms with Crippen LogP contribution in [-0.4, -0.2) is 16.9 Å². The summed E-state index contributed by atoms with van der Waals surface area (Å²) >= 11 is 1.26. The van der Waals surface area contributed by atoms with Crippen LogP contribution in [0.25, 0.3) is 0 Å². The minimum atomic E-state index is -0.327. The molecule has 0 bridgehead atoms. The lowest BCUT2D eigenvalue weighted by Crippen LogP contribution is -2.24. The zero-order valence-corrected chi connectivity index (χ0v) is 13.0. The average Bonchev–Trinajstić information content (AvgIpc) is 2.75. The minimum Gasteiger partial charge on any atom is -0.318 e. The number of nitriles is 1. The molecule has 4 nitrogen and oxygen atoms in total. The Bertz CT molecular complexity index is 686. The molecule has 1 aromatic carbocycles. The number of allylic oxidation sites excluding steroid dienone is 1. The summed E-state index contributed by atoms with van der Waals surface area (Å²) in [6, 6.07) is 7.97. The normalized spacial score (nSPS) is 19.9. The van der Waals surface area contributed by atoms with Gasteiger partial charge in [-0.15, -0.1) is 0 Å². The van der Waals surface area contributed by atoms with Crippen molar-refractivity contribution in [1.29, 1.82) is 5.26 Å². The second kappa shape index (κ2) is 6.15. The predicted octanol–water partition coefficient (Wildman–Crippen LogP) is 2.40. The number of hydrogen-bond donors (Lipinski definition) is 1. The van der Waals surface area contributed by atoms with Crippen LogP contribution in [0.15, 0.2) is 28.8 Å². The summed E-state index contributed by atoms with van der Waals surface area (Å²) in [6.45, 7) is 5.41. The van der Waals surface area contributed by atoms with E-state index in [0.717, 1.165) is 5.56 Å². The fraction of sp³-hybridized carbons (Fsp3) is 0.312. The molecule has 5 heteroatoms. The van der Waals surface area contributed by atoms with E-state index in [0.29, 0.717) is 11.4 Å². The summed E-state index contributed by atoms with van der Waals surface area (Å²) in [6.07, 6.45) is 0.581. The van der Waals surface area contributed by atoms with Gasteiger partial charge < -0.3 is 5.32 Å². The third-order valence-electron chi connectivity index (χ3n) is 3.47. The summed E-state index contributed by atoms with van der Waals surface area (Å²) in [4.78, 5) is 23.4. The molecule has 1 aromatic rings. The van der Waals surface area contributed by atoms with Crippen molar-refractivity contribution in [2.75, 3.05) is 0 Å². The van der Waals surface area contributed by atoms with E-state index < -0.39 is 0 Å². The maximum Gasteiger partial charge on any atom is 0.238 e. The van der Waals surface area contributed by atoms with Crippen LogP contribution in [0.2, 0.25) is 0 Å². The first kappa shape index (κ1) is 15.3. The lowest BCUT2D eigenvalue weighted by molar-refractivity contribution is -0.119. The van der Waals surface area contributed by atoms with E-state index in [4.69, 9.17) is 5.26 Å². The van der Waals surface area contributed by atoms with Gasteiger partial charge in [0, 0.05) is 0 Å². The number of nitrogens with one attached hydrogen (secondary N) is 1. The molecule has 0 aliphatic carbocycles. The van der Waals surface area contributed by atoms with Crippen LogP contribution in [0.4, 0.5) is 0 Å². The van der Waals surface area contributed by atoms with Crippen molar-refractivity contribution in [3.05, 3.63) is 45.5 Å². The molecule has 0 saturated carbocycles. The van der Waals surface area contributed by atoms with Gasteiger partial charge in [0.15, 0.2) is 5.78 Å². The van der Waals surface area contributed by atoms with Gasteiger partial charge in [-0.05, 0) is 43.9 Å². The molecule has 0 spiro atoms. The SMILES string of the molecule is CC(=O)/C(C#N)=C1/NC(=O)[C@@H](Cc2ccc(C)c(C)c2)S1. The number of thioether (sulfide) groups is 1. The first-order chi connectivity index (χ1) is 9.92. The zero-order chi connectivity index (χ0) is 15.6. The summed E-state index contributed by atoms with van der Waals surface area (Å²) in [5.74, 6) is -0.477. The number of carbonyl (C=O) groups excluding carboxylic acids is 2. The number of carbonyl (C=O) groups is 2. The molecule has 1 heterocycles. The van der Waals surface area contributed by atoms with Crippen LogP contribution in [0.3, 0.4) is 0 Å². The number of benzene rings is 1. The van der Waals surface area contributed by atoms with Gasteiger partial charge in [-0.25, -0.2) is 0 Å². The lowest BCUT2D eigenvalue weighted by atomic mass is 10.0. The number of hydrogen-bond acceptors (Lipinski definition) is 4. The highest BCUT2D eigenvalue weighted by Gasteiger charge is 2.32. The van der Waals surface area contributed by atoms with E-state index in [1.54, 1.807) is 0 Å². The van der Waals surface area contributed by atoms with Crippen molar-refractivity contribution < 1.29 is 9.59 Å². The van der Waals surface area contributed by atoms with Crippen molar-refractivity contribution in [1.82, 2.24) is 5.32 Å². The van der Waals surface area contributed by atoms with Gasteiger partial charge in [-0.2, -0.15) is 5.26 Å². The molecule has 0 aromatic heterocycles. The standard InChI is InChI=1S/C16H16N2O2S/c1-9-4-5-12(6-10(9)2)7-14-15(20)18-16(21-14)13(8-17)11(3)19/h4-6,14H,7H2,1-3H3,(H,18,20)/b16-13-/t14-/m1/s1. The van der Waals surface area contributed by atoms with Gasteiger partial charge in [-0.3, -0.25) is 9.59 Å². The summed E-state index contributed by atoms with van der Waals surface area (Å²) < 4.78 is 0. The first-order valence-corrected chi connectivity index (χ1v) is 7.49. The topological polar surface area (TPSA) is 70.0 Å². The molecule has 1 amide bonds. The molecule has 108 valence electrons. The van der Waals surface area contributed by atoms with Crippen LogP contribution in [0.1, 0.15) is 23.6 Å². The smallest absolute Gasteiger partial charge is 0.238 e. The van der Waals surface area contributed by atoms with E-state index in [2.05, 4.69) is 11.4 Å². The molecule has 1 fully saturated rings. The summed E-state index contributed by atoms with van der Waals surface area (Å²) in [7, 11) is 0. The Morgan fingerprint density at radius 1 is 1.38 bits per heavy atom. The number of rotatable bonds is 3. The average molecular weight is 300 g/mol. The van der Waals surface area contributed by atoms with Crippen LogP contribution in [0, 0.1) is 25.2 Å². The molecule has 21 heavy (non-hydrogen) atoms. The van der Waals surface area contributed by atoms with Crippen LogP contribution < -0.4 is 5.32 Å². The first-order valence-electron chi connectivity index (χ1n) is 6.61. The van der Waals surface area contributed by atoms with Crippen LogP contribution in [-0.2, 0) is 16.0 Å². The molecule has 0 radical (unpaired) electrons. The van der Waals surface area contributed by atoms with Crippen LogP contribution >= 0.6 is 11.8 Å². The monoisotopic (exact) mass is 300 g/mol. The number of Topliss-reactive ketones (excluding diaryl/α,β-unsaturated/α-hetero) is 1. The Morgan fingerprint density at radius 3 is 2.67 bits per heavy atom. The van der Waals surface area contributed by atoms with E-state index in [-0.39, 0.29) is 22.5 Å². The van der Waals surface area contributed by atoms with E-state index >= 15 is 0 Å². The van der Waals surface area contributed by atoms with E-state index in [1.807, 2.05) is 32.0 Å². The molecule has 1 aliphatic rings. The number of aryl methyl sites for hydroxylation is 2. The van der Waals surface area contributed by atoms with Crippen molar-refractivity contribution >= 4 is 23.5 Å². The van der Waals surface area contributed by atoms with E-state index in [1.165, 1.54) is 29.8 Å². The molecule has 1 saturated heterocycles. The fourth-order valence-corrected chi connectivity index (χ4v) is 3.30. The largest absolute Gasteiger partial charge is 0.318 e. The number of ketones is 1. The van der Waals surface area contributed by atoms with Gasteiger partial charge in [0.2, 0.25) is 5.91 Å². The van der Waals surface area contributed by atoms with Crippen molar-refractivity contribution in [2.45, 2.75) is 32.4 Å². The number of nitrogens with zero attached hydrogens (tertiary/aromatic N) is 1. The molecular formula is C16H16N2O2S. The van der Waals surface area contributed by atoms with Gasteiger partial charge in [0.05, 0.1) is 10.3 Å². The third-order valence-corrected chi connectivity index (χ3v) is 4.68. The lowest BCUT2D eigenvalue weighted by Gasteiger charge is -2.08. The summed E-state index contributed by atoms with van der Waals surface area (Å²) in [5, 5.41) is 11.7. The molecule has 1 aliphatic heterocycles. The van der Waals surface area contributed by atoms with Gasteiger partial charge >= 0.3 is 0 Å². The molecule has 1 N–H and O–H groups in total. The molecular weight excluding hydrogens is 284 g/mol. The quantitative estimate of drug-likeness (QED) is 0.687. The molecule has 0 unspecified atom stereocenters. The number of amides is 1. The van der Waals surface area contributed by atoms with Crippen molar-refractivity contribution in [3.63, 3.8) is 0 Å². The van der Waals surface area contributed by atoms with Crippen molar-refractivity contribution in [3.8, 4) is 6.07 Å². The van der Waals surface area contributed by atoms with Gasteiger partial charge in [0.1, 0.15) is 11.6 Å². The van der Waals surface area contributed by atoms with Crippen LogP contribution in [0.5, 0.6) is 0 Å². The highest BCUT2D eigenvalue weighted by Crippen LogP contribution is 2.32. The van der Waals surface area contributed by atoms with Gasteiger partial charge in [-0.1, -0.05) is 30.0 Å². The van der Waals surface area contributed by atoms with E-state index in [9.17, 15) is 9.59 Å². The Balaban J connectivity index is 2.20. The predicted molar refractivity (Wildman–Crippen MR) is 82.5 cm³/mol. The molecule has 1 atom stereocenters. The highest BCUT2D eigenvalue weighted by molar-refractivity contribution is 8.04. The maximum atomic E-state index is 12.0. The molecule has 2 rings (SSSR count). The summed E-state index contributed by atoms with van der Waals surface area (Å²) in [5.41, 5.74) is 3.50. The maximum absolute atomic E-state index is 12.0. The van der Waals surface area contributed by atoms with Crippen molar-refractivity contribution in [2.24, 2.45) is 0 Å². The fourth-order valence-electron chi connectivity index (χ4n) is 2.11. The highest BCUT2D eigenvalue weighted by atomic mass is 32.2. The Labute approximate surface area is 128 Å². The second-order valence-electron chi connectivity index (χ2n) is 5.09. The Hall–Kier alpha value is -2.06. The zero-order valence-electron chi connectivity index (χ0n) is 12.2. The second-order valence-corrected chi connectivity index (χ2v) is 6.30.